The maximum atomic E-state index is 12.0. The van der Waals surface area contributed by atoms with Gasteiger partial charge in [-0.25, -0.2) is 8.42 Å². The van der Waals surface area contributed by atoms with E-state index in [4.69, 9.17) is 4.52 Å². The number of anilines is 1. The molecule has 1 amide bonds. The van der Waals surface area contributed by atoms with Crippen LogP contribution in [0.1, 0.15) is 40.4 Å². The molecule has 1 aromatic heterocycles. The Hall–Kier alpha value is -1.37. The molecule has 0 bridgehead atoms. The smallest absolute Gasteiger partial charge is 0.246 e. The van der Waals surface area contributed by atoms with Gasteiger partial charge in [0.2, 0.25) is 5.91 Å². The lowest BCUT2D eigenvalue weighted by molar-refractivity contribution is -0.117. The highest BCUT2D eigenvalue weighted by molar-refractivity contribution is 7.92. The highest BCUT2D eigenvalue weighted by Gasteiger charge is 2.39. The van der Waals surface area contributed by atoms with Gasteiger partial charge in [0.05, 0.1) is 0 Å². The van der Waals surface area contributed by atoms with Gasteiger partial charge in [-0.05, 0) is 13.8 Å². The normalized spacial score (nSPS) is 13.4. The summed E-state index contributed by atoms with van der Waals surface area (Å²) in [6.07, 6.45) is 1.02. The minimum atomic E-state index is -3.51. The van der Waals surface area contributed by atoms with Crippen LogP contribution in [0.15, 0.2) is 10.6 Å². The minimum absolute atomic E-state index is 0.214. The summed E-state index contributed by atoms with van der Waals surface area (Å²) in [6, 6.07) is 1.59. The lowest BCUT2D eigenvalue weighted by Crippen LogP contribution is -2.43. The first-order valence-corrected chi connectivity index (χ1v) is 7.73. The lowest BCUT2D eigenvalue weighted by atomic mass is 9.93. The fourth-order valence-corrected chi connectivity index (χ4v) is 1.51. The Kier molecular flexibility index (Phi) is 3.82. The van der Waals surface area contributed by atoms with E-state index >= 15 is 0 Å². The molecule has 0 radical (unpaired) electrons. The molecular formula is C12H20N2O4S. The maximum absolute atomic E-state index is 12.0. The summed E-state index contributed by atoms with van der Waals surface area (Å²) in [6.45, 7) is 8.53. The number of sulfone groups is 1. The molecule has 1 heterocycles. The van der Waals surface area contributed by atoms with Crippen LogP contribution in [-0.4, -0.2) is 30.5 Å². The summed E-state index contributed by atoms with van der Waals surface area (Å²) in [5, 5.41) is 6.17. The van der Waals surface area contributed by atoms with Crippen molar-refractivity contribution in [2.24, 2.45) is 0 Å². The predicted molar refractivity (Wildman–Crippen MR) is 72.8 cm³/mol. The number of nitrogens with zero attached hydrogens (tertiary/aromatic N) is 1. The van der Waals surface area contributed by atoms with Crippen molar-refractivity contribution >= 4 is 21.6 Å². The van der Waals surface area contributed by atoms with Gasteiger partial charge in [0.25, 0.3) is 0 Å². The van der Waals surface area contributed by atoms with E-state index in [0.717, 1.165) is 6.26 Å². The van der Waals surface area contributed by atoms with Crippen LogP contribution in [0.3, 0.4) is 0 Å². The van der Waals surface area contributed by atoms with Crippen LogP contribution >= 0.6 is 0 Å². The van der Waals surface area contributed by atoms with Crippen LogP contribution in [0.2, 0.25) is 0 Å². The predicted octanol–water partition coefficient (Wildman–Crippen LogP) is 1.73. The standard InChI is InChI=1S/C12H20N2O4S/c1-11(2,3)8-7-9(14-18-8)13-10(15)12(4,5)19(6,16)17/h7H,1-6H3,(H,13,14,15). The molecule has 0 atom stereocenters. The maximum Gasteiger partial charge on any atom is 0.246 e. The second-order valence-corrected chi connectivity index (χ2v) is 8.63. The van der Waals surface area contributed by atoms with E-state index in [1.54, 1.807) is 6.07 Å². The van der Waals surface area contributed by atoms with Crippen molar-refractivity contribution in [3.63, 3.8) is 0 Å². The summed E-state index contributed by atoms with van der Waals surface area (Å²) >= 11 is 0. The molecule has 0 unspecified atom stereocenters. The molecule has 0 aliphatic heterocycles. The molecule has 1 aromatic rings. The summed E-state index contributed by atoms with van der Waals surface area (Å²) in [5.74, 6) is 0.190. The largest absolute Gasteiger partial charge is 0.359 e. The zero-order valence-electron chi connectivity index (χ0n) is 12.1. The number of nitrogens with one attached hydrogen (secondary N) is 1. The first kappa shape index (κ1) is 15.7. The third-order valence-electron chi connectivity index (χ3n) is 2.96. The number of rotatable bonds is 3. The molecule has 7 heteroatoms. The Morgan fingerprint density at radius 1 is 1.26 bits per heavy atom. The molecular weight excluding hydrogens is 268 g/mol. The molecule has 6 nitrogen and oxygen atoms in total. The van der Waals surface area contributed by atoms with Crippen molar-refractivity contribution in [2.45, 2.75) is 44.8 Å². The number of carbonyl (C=O) groups is 1. The summed E-state index contributed by atoms with van der Waals surface area (Å²) < 4.78 is 26.7. The fourth-order valence-electron chi connectivity index (χ4n) is 1.12. The van der Waals surface area contributed by atoms with Gasteiger partial charge in [-0.1, -0.05) is 25.9 Å². The van der Waals surface area contributed by atoms with Crippen LogP contribution in [0.25, 0.3) is 0 Å². The van der Waals surface area contributed by atoms with Crippen molar-refractivity contribution in [1.82, 2.24) is 5.16 Å². The molecule has 0 aliphatic carbocycles. The first-order chi connectivity index (χ1) is 8.35. The van der Waals surface area contributed by atoms with Crippen molar-refractivity contribution in [1.29, 1.82) is 0 Å². The Bertz CT molecular complexity index is 579. The van der Waals surface area contributed by atoms with Gasteiger partial charge in [0, 0.05) is 17.7 Å². The minimum Gasteiger partial charge on any atom is -0.359 e. The monoisotopic (exact) mass is 288 g/mol. The van der Waals surface area contributed by atoms with Gasteiger partial charge < -0.3 is 9.84 Å². The third kappa shape index (κ3) is 3.34. The molecule has 0 aromatic carbocycles. The first-order valence-electron chi connectivity index (χ1n) is 5.84. The van der Waals surface area contributed by atoms with Gasteiger partial charge in [-0.3, -0.25) is 4.79 Å². The van der Waals surface area contributed by atoms with E-state index < -0.39 is 20.5 Å². The van der Waals surface area contributed by atoms with Crippen LogP contribution < -0.4 is 5.32 Å². The molecule has 0 fully saturated rings. The molecule has 1 rings (SSSR count). The van der Waals surface area contributed by atoms with Crippen LogP contribution in [0.4, 0.5) is 5.82 Å². The molecule has 0 saturated heterocycles. The van der Waals surface area contributed by atoms with Crippen molar-refractivity contribution in [3.8, 4) is 0 Å². The molecule has 1 N–H and O–H groups in total. The molecule has 19 heavy (non-hydrogen) atoms. The van der Waals surface area contributed by atoms with E-state index in [9.17, 15) is 13.2 Å². The lowest BCUT2D eigenvalue weighted by Gasteiger charge is -2.20. The highest BCUT2D eigenvalue weighted by atomic mass is 32.2. The van der Waals surface area contributed by atoms with E-state index in [1.807, 2.05) is 20.8 Å². The number of amides is 1. The number of hydrogen-bond acceptors (Lipinski definition) is 5. The third-order valence-corrected chi connectivity index (χ3v) is 5.00. The quantitative estimate of drug-likeness (QED) is 0.915. The Morgan fingerprint density at radius 3 is 2.16 bits per heavy atom. The van der Waals surface area contributed by atoms with E-state index in [0.29, 0.717) is 5.76 Å². The van der Waals surface area contributed by atoms with Crippen LogP contribution in [-0.2, 0) is 20.0 Å². The average Bonchev–Trinajstić information content (AvgIpc) is 2.63. The van der Waals surface area contributed by atoms with Gasteiger partial charge in [0.1, 0.15) is 10.5 Å². The number of carbonyl (C=O) groups excluding carboxylic acids is 1. The van der Waals surface area contributed by atoms with E-state index in [-0.39, 0.29) is 11.2 Å². The Morgan fingerprint density at radius 2 is 1.79 bits per heavy atom. The average molecular weight is 288 g/mol. The van der Waals surface area contributed by atoms with Gasteiger partial charge in [-0.15, -0.1) is 0 Å². The Balaban J connectivity index is 2.93. The zero-order chi connectivity index (χ0) is 15.1. The molecule has 0 aliphatic rings. The highest BCUT2D eigenvalue weighted by Crippen LogP contribution is 2.25. The topological polar surface area (TPSA) is 89.3 Å². The van der Waals surface area contributed by atoms with Crippen molar-refractivity contribution in [3.05, 3.63) is 11.8 Å². The van der Waals surface area contributed by atoms with Gasteiger partial charge >= 0.3 is 0 Å². The van der Waals surface area contributed by atoms with Crippen molar-refractivity contribution in [2.75, 3.05) is 11.6 Å². The van der Waals surface area contributed by atoms with Crippen LogP contribution in [0, 0.1) is 0 Å². The summed E-state index contributed by atoms with van der Waals surface area (Å²) in [4.78, 5) is 12.0. The second kappa shape index (κ2) is 4.63. The summed E-state index contributed by atoms with van der Waals surface area (Å²) in [5.41, 5.74) is -0.234. The van der Waals surface area contributed by atoms with E-state index in [2.05, 4.69) is 10.5 Å². The number of aromatic nitrogens is 1. The fraction of sp³-hybridized carbons (Fsp3) is 0.667. The van der Waals surface area contributed by atoms with Gasteiger partial charge in [-0.2, -0.15) is 0 Å². The number of hydrogen-bond donors (Lipinski definition) is 1. The zero-order valence-corrected chi connectivity index (χ0v) is 12.9. The second-order valence-electron chi connectivity index (χ2n) is 6.06. The Labute approximate surface area is 113 Å². The summed E-state index contributed by atoms with van der Waals surface area (Å²) in [7, 11) is -3.51. The molecule has 108 valence electrons. The van der Waals surface area contributed by atoms with E-state index in [1.165, 1.54) is 13.8 Å². The molecule has 0 spiro atoms. The van der Waals surface area contributed by atoms with Crippen LogP contribution in [0.5, 0.6) is 0 Å². The van der Waals surface area contributed by atoms with Gasteiger partial charge in [0.15, 0.2) is 15.7 Å². The van der Waals surface area contributed by atoms with Crippen molar-refractivity contribution < 1.29 is 17.7 Å². The SMILES string of the molecule is CC(C)(C)c1cc(NC(=O)C(C)(C)S(C)(=O)=O)no1. The molecule has 0 saturated carbocycles.